The molecule has 2 rings (SSSR count). The van der Waals surface area contributed by atoms with E-state index in [0.29, 0.717) is 0 Å². The van der Waals surface area contributed by atoms with Gasteiger partial charge in [0.05, 0.1) is 17.2 Å². The van der Waals surface area contributed by atoms with E-state index in [1.54, 1.807) is 11.3 Å². The van der Waals surface area contributed by atoms with Crippen LogP contribution in [-0.4, -0.2) is 23.5 Å². The monoisotopic (exact) mass is 293 g/mol. The number of aromatic nitrogens is 1. The van der Waals surface area contributed by atoms with Crippen molar-refractivity contribution in [1.82, 2.24) is 15.2 Å². The van der Waals surface area contributed by atoms with Crippen LogP contribution < -0.4 is 5.32 Å². The molecule has 1 N–H and O–H groups in total. The Labute approximate surface area is 124 Å². The Balaban J connectivity index is 1.93. The molecule has 0 unspecified atom stereocenters. The van der Waals surface area contributed by atoms with Crippen molar-refractivity contribution >= 4 is 11.3 Å². The van der Waals surface area contributed by atoms with Gasteiger partial charge in [-0.05, 0) is 33.5 Å². The van der Waals surface area contributed by atoms with Crippen LogP contribution >= 0.6 is 11.3 Å². The molecule has 0 amide bonds. The molecule has 0 bridgehead atoms. The summed E-state index contributed by atoms with van der Waals surface area (Å²) in [5.41, 5.74) is 2.40. The zero-order valence-electron chi connectivity index (χ0n) is 12.7. The number of rotatable bonds is 7. The van der Waals surface area contributed by atoms with Gasteiger partial charge in [-0.25, -0.2) is 4.98 Å². The molecule has 110 valence electrons. The second-order valence-corrected chi connectivity index (χ2v) is 6.17. The van der Waals surface area contributed by atoms with Crippen molar-refractivity contribution in [1.29, 1.82) is 0 Å². The molecule has 0 aliphatic carbocycles. The summed E-state index contributed by atoms with van der Waals surface area (Å²) in [5, 5.41) is 6.54. The van der Waals surface area contributed by atoms with Gasteiger partial charge in [0.25, 0.3) is 0 Å². The lowest BCUT2D eigenvalue weighted by atomic mass is 10.2. The first-order valence-electron chi connectivity index (χ1n) is 6.97. The fourth-order valence-corrected chi connectivity index (χ4v) is 2.79. The Bertz CT molecular complexity index is 547. The smallest absolute Gasteiger partial charge is 0.118 e. The summed E-state index contributed by atoms with van der Waals surface area (Å²) >= 11 is 1.70. The van der Waals surface area contributed by atoms with Crippen LogP contribution in [0.25, 0.3) is 0 Å². The molecule has 2 heterocycles. The lowest BCUT2D eigenvalue weighted by molar-refractivity contribution is 0.313. The molecule has 2 aromatic rings. The van der Waals surface area contributed by atoms with E-state index in [1.165, 1.54) is 5.56 Å². The maximum absolute atomic E-state index is 5.77. The van der Waals surface area contributed by atoms with Gasteiger partial charge in [-0.3, -0.25) is 4.90 Å². The number of thiazole rings is 1. The minimum atomic E-state index is 0.798. The average Bonchev–Trinajstić information content (AvgIpc) is 2.94. The van der Waals surface area contributed by atoms with Crippen molar-refractivity contribution in [2.45, 2.75) is 40.4 Å². The van der Waals surface area contributed by atoms with Gasteiger partial charge >= 0.3 is 0 Å². The molecule has 0 atom stereocenters. The largest absolute Gasteiger partial charge is 0.465 e. The number of aryl methyl sites for hydroxylation is 2. The highest BCUT2D eigenvalue weighted by Gasteiger charge is 2.10. The molecular weight excluding hydrogens is 270 g/mol. The molecule has 0 saturated heterocycles. The van der Waals surface area contributed by atoms with Gasteiger partial charge in [-0.2, -0.15) is 0 Å². The first-order valence-corrected chi connectivity index (χ1v) is 7.85. The topological polar surface area (TPSA) is 41.3 Å². The maximum atomic E-state index is 5.77. The maximum Gasteiger partial charge on any atom is 0.118 e. The molecule has 0 radical (unpaired) electrons. The van der Waals surface area contributed by atoms with Crippen molar-refractivity contribution in [3.05, 3.63) is 39.2 Å². The highest BCUT2D eigenvalue weighted by atomic mass is 32.1. The summed E-state index contributed by atoms with van der Waals surface area (Å²) < 4.78 is 5.77. The molecule has 0 saturated carbocycles. The highest BCUT2D eigenvalue weighted by Crippen LogP contribution is 2.18. The molecule has 20 heavy (non-hydrogen) atoms. The molecule has 0 aromatic carbocycles. The van der Waals surface area contributed by atoms with Crippen LogP contribution in [0.5, 0.6) is 0 Å². The van der Waals surface area contributed by atoms with E-state index in [9.17, 15) is 0 Å². The third kappa shape index (κ3) is 4.16. The summed E-state index contributed by atoms with van der Waals surface area (Å²) in [7, 11) is 2.12. The number of furan rings is 1. The summed E-state index contributed by atoms with van der Waals surface area (Å²) in [6.45, 7) is 9.69. The third-order valence-corrected chi connectivity index (χ3v) is 3.98. The average molecular weight is 293 g/mol. The second-order valence-electron chi connectivity index (χ2n) is 5.10. The Morgan fingerprint density at radius 3 is 2.80 bits per heavy atom. The van der Waals surface area contributed by atoms with Gasteiger partial charge < -0.3 is 9.73 Å². The summed E-state index contributed by atoms with van der Waals surface area (Å²) in [6.07, 6.45) is 0. The summed E-state index contributed by atoms with van der Waals surface area (Å²) in [6, 6.07) is 2.15. The Kier molecular flexibility index (Phi) is 5.34. The Hall–Kier alpha value is -1.17. The van der Waals surface area contributed by atoms with E-state index >= 15 is 0 Å². The van der Waals surface area contributed by atoms with Gasteiger partial charge in [0.2, 0.25) is 0 Å². The molecular formula is C15H23N3OS. The number of nitrogens with zero attached hydrogens (tertiary/aromatic N) is 2. The van der Waals surface area contributed by atoms with E-state index in [4.69, 9.17) is 4.42 Å². The third-order valence-electron chi connectivity index (χ3n) is 3.16. The molecule has 5 heteroatoms. The molecule has 0 spiro atoms. The van der Waals surface area contributed by atoms with Gasteiger partial charge in [-0.15, -0.1) is 11.3 Å². The number of hydrogen-bond donors (Lipinski definition) is 1. The van der Waals surface area contributed by atoms with Crippen molar-refractivity contribution in [2.75, 3.05) is 13.6 Å². The molecule has 0 aliphatic heterocycles. The molecule has 0 aliphatic rings. The number of nitrogens with one attached hydrogen (secondary N) is 1. The minimum absolute atomic E-state index is 0.798. The van der Waals surface area contributed by atoms with E-state index in [1.807, 2.05) is 13.8 Å². The van der Waals surface area contributed by atoms with E-state index in [2.05, 4.69) is 40.6 Å². The lowest BCUT2D eigenvalue weighted by Crippen LogP contribution is -2.17. The Morgan fingerprint density at radius 2 is 2.15 bits per heavy atom. The van der Waals surface area contributed by atoms with E-state index < -0.39 is 0 Å². The van der Waals surface area contributed by atoms with E-state index in [-0.39, 0.29) is 0 Å². The fraction of sp³-hybridized carbons (Fsp3) is 0.533. The van der Waals surface area contributed by atoms with Gasteiger partial charge in [0, 0.05) is 24.0 Å². The normalized spacial score (nSPS) is 11.4. The second kappa shape index (κ2) is 7.02. The van der Waals surface area contributed by atoms with Crippen LogP contribution in [0.1, 0.15) is 34.7 Å². The van der Waals surface area contributed by atoms with Crippen molar-refractivity contribution in [3.8, 4) is 0 Å². The zero-order valence-corrected chi connectivity index (χ0v) is 13.5. The standard InChI is InChI=1S/C15H23N3OS/c1-5-16-7-15-6-13(11(2)19-15)8-18(4)9-14-10-20-12(3)17-14/h6,10,16H,5,7-9H2,1-4H3. The van der Waals surface area contributed by atoms with Crippen LogP contribution in [-0.2, 0) is 19.6 Å². The predicted molar refractivity (Wildman–Crippen MR) is 82.8 cm³/mol. The zero-order chi connectivity index (χ0) is 14.5. The summed E-state index contributed by atoms with van der Waals surface area (Å²) in [4.78, 5) is 6.77. The molecule has 2 aromatic heterocycles. The van der Waals surface area contributed by atoms with E-state index in [0.717, 1.165) is 48.4 Å². The van der Waals surface area contributed by atoms with Crippen LogP contribution in [0, 0.1) is 13.8 Å². The van der Waals surface area contributed by atoms with Crippen LogP contribution in [0.15, 0.2) is 15.9 Å². The van der Waals surface area contributed by atoms with Crippen molar-refractivity contribution in [2.24, 2.45) is 0 Å². The van der Waals surface area contributed by atoms with Crippen LogP contribution in [0.2, 0.25) is 0 Å². The number of hydrogen-bond acceptors (Lipinski definition) is 5. The van der Waals surface area contributed by atoms with Gasteiger partial charge in [0.1, 0.15) is 11.5 Å². The lowest BCUT2D eigenvalue weighted by Gasteiger charge is -2.14. The summed E-state index contributed by atoms with van der Waals surface area (Å²) in [5.74, 6) is 2.02. The first-order chi connectivity index (χ1) is 9.58. The SMILES string of the molecule is CCNCc1cc(CN(C)Cc2csc(C)n2)c(C)o1. The molecule has 0 fully saturated rings. The van der Waals surface area contributed by atoms with Crippen molar-refractivity contribution in [3.63, 3.8) is 0 Å². The van der Waals surface area contributed by atoms with Gasteiger partial charge in [-0.1, -0.05) is 6.92 Å². The molecule has 4 nitrogen and oxygen atoms in total. The highest BCUT2D eigenvalue weighted by molar-refractivity contribution is 7.09. The Morgan fingerprint density at radius 1 is 1.35 bits per heavy atom. The quantitative estimate of drug-likeness (QED) is 0.851. The predicted octanol–water partition coefficient (Wildman–Crippen LogP) is 3.09. The van der Waals surface area contributed by atoms with Crippen molar-refractivity contribution < 1.29 is 4.42 Å². The fourth-order valence-electron chi connectivity index (χ4n) is 2.18. The first kappa shape index (κ1) is 15.2. The minimum Gasteiger partial charge on any atom is -0.465 e. The van der Waals surface area contributed by atoms with Gasteiger partial charge in [0.15, 0.2) is 0 Å². The van der Waals surface area contributed by atoms with Crippen LogP contribution in [0.4, 0.5) is 0 Å². The van der Waals surface area contributed by atoms with Crippen LogP contribution in [0.3, 0.4) is 0 Å².